The molecule has 26 heavy (non-hydrogen) atoms. The van der Waals surface area contributed by atoms with Crippen molar-refractivity contribution in [1.82, 2.24) is 5.32 Å². The van der Waals surface area contributed by atoms with Crippen LogP contribution in [0.4, 0.5) is 5.69 Å². The molecule has 0 heterocycles. The average molecular weight is 364 g/mol. The van der Waals surface area contributed by atoms with Gasteiger partial charge in [-0.2, -0.15) is 0 Å². The Morgan fingerprint density at radius 2 is 1.42 bits per heavy atom. The van der Waals surface area contributed by atoms with Crippen LogP contribution in [0.25, 0.3) is 0 Å². The van der Waals surface area contributed by atoms with E-state index in [1.807, 2.05) is 54.6 Å². The summed E-state index contributed by atoms with van der Waals surface area (Å²) in [6, 6.07) is 26.2. The van der Waals surface area contributed by atoms with Crippen LogP contribution >= 0.6 is 0 Å². The Morgan fingerprint density at radius 3 is 2.15 bits per heavy atom. The van der Waals surface area contributed by atoms with Crippen molar-refractivity contribution in [3.63, 3.8) is 0 Å². The SMILES string of the molecule is O=C(NCCc1ccccc1)c1ccccc1NS(=O)c1ccccc1. The largest absolute Gasteiger partial charge is 0.352 e. The van der Waals surface area contributed by atoms with Crippen molar-refractivity contribution in [1.29, 1.82) is 0 Å². The summed E-state index contributed by atoms with van der Waals surface area (Å²) in [6.45, 7) is 0.541. The Labute approximate surface area is 155 Å². The van der Waals surface area contributed by atoms with Crippen LogP contribution in [0.5, 0.6) is 0 Å². The predicted octanol–water partition coefficient (Wildman–Crippen LogP) is 3.79. The van der Waals surface area contributed by atoms with E-state index >= 15 is 0 Å². The molecule has 3 aromatic carbocycles. The van der Waals surface area contributed by atoms with E-state index in [-0.39, 0.29) is 5.91 Å². The molecule has 1 amide bonds. The number of rotatable bonds is 7. The minimum Gasteiger partial charge on any atom is -0.352 e. The minimum absolute atomic E-state index is 0.186. The second kappa shape index (κ2) is 8.97. The lowest BCUT2D eigenvalue weighted by atomic mass is 10.1. The fourth-order valence-corrected chi connectivity index (χ4v) is 3.43. The number of hydrogen-bond acceptors (Lipinski definition) is 2. The number of anilines is 1. The van der Waals surface area contributed by atoms with Crippen molar-refractivity contribution in [3.05, 3.63) is 96.1 Å². The van der Waals surface area contributed by atoms with E-state index in [4.69, 9.17) is 0 Å². The summed E-state index contributed by atoms with van der Waals surface area (Å²) in [5.74, 6) is -0.186. The third-order valence-corrected chi connectivity index (χ3v) is 4.98. The normalized spacial score (nSPS) is 11.5. The minimum atomic E-state index is -1.43. The lowest BCUT2D eigenvalue weighted by Crippen LogP contribution is -2.26. The van der Waals surface area contributed by atoms with Gasteiger partial charge in [0.25, 0.3) is 5.91 Å². The van der Waals surface area contributed by atoms with Crippen LogP contribution in [-0.2, 0) is 17.4 Å². The molecule has 0 aromatic heterocycles. The predicted molar refractivity (Wildman–Crippen MR) is 105 cm³/mol. The van der Waals surface area contributed by atoms with Crippen molar-refractivity contribution in [2.24, 2.45) is 0 Å². The second-order valence-electron chi connectivity index (χ2n) is 5.72. The molecule has 132 valence electrons. The van der Waals surface area contributed by atoms with Crippen LogP contribution < -0.4 is 10.0 Å². The Kier molecular flexibility index (Phi) is 6.17. The fraction of sp³-hybridized carbons (Fsp3) is 0.0952. The first-order chi connectivity index (χ1) is 12.7. The first kappa shape index (κ1) is 17.9. The third-order valence-electron chi connectivity index (χ3n) is 3.87. The molecule has 1 unspecified atom stereocenters. The highest BCUT2D eigenvalue weighted by Crippen LogP contribution is 2.18. The van der Waals surface area contributed by atoms with Gasteiger partial charge in [-0.3, -0.25) is 4.79 Å². The zero-order chi connectivity index (χ0) is 18.2. The monoisotopic (exact) mass is 364 g/mol. The van der Waals surface area contributed by atoms with Crippen molar-refractivity contribution in [2.45, 2.75) is 11.3 Å². The number of nitrogens with one attached hydrogen (secondary N) is 2. The van der Waals surface area contributed by atoms with E-state index in [1.54, 1.807) is 30.3 Å². The maximum atomic E-state index is 12.5. The van der Waals surface area contributed by atoms with Gasteiger partial charge in [-0.05, 0) is 36.2 Å². The topological polar surface area (TPSA) is 58.2 Å². The van der Waals surface area contributed by atoms with Crippen molar-refractivity contribution in [3.8, 4) is 0 Å². The summed E-state index contributed by atoms with van der Waals surface area (Å²) in [5, 5.41) is 2.92. The maximum Gasteiger partial charge on any atom is 0.253 e. The van der Waals surface area contributed by atoms with Gasteiger partial charge in [0, 0.05) is 6.54 Å². The molecule has 0 aliphatic carbocycles. The Bertz CT molecular complexity index is 883. The van der Waals surface area contributed by atoms with Crippen LogP contribution in [0.1, 0.15) is 15.9 Å². The summed E-state index contributed by atoms with van der Waals surface area (Å²) in [4.78, 5) is 13.2. The van der Waals surface area contributed by atoms with E-state index in [0.717, 1.165) is 6.42 Å². The third kappa shape index (κ3) is 4.80. The van der Waals surface area contributed by atoms with Crippen molar-refractivity contribution >= 4 is 22.6 Å². The lowest BCUT2D eigenvalue weighted by molar-refractivity contribution is 0.0955. The second-order valence-corrected chi connectivity index (χ2v) is 6.93. The number of carbonyl (C=O) groups excluding carboxylic acids is 1. The standard InChI is InChI=1S/C21H20N2O2S/c24-21(22-16-15-17-9-3-1-4-10-17)19-13-7-8-14-20(19)23-26(25)18-11-5-2-6-12-18/h1-14,23H,15-16H2,(H,22,24). The first-order valence-corrected chi connectivity index (χ1v) is 9.53. The molecule has 1 atom stereocenters. The Hall–Kier alpha value is -2.92. The van der Waals surface area contributed by atoms with Crippen LogP contribution in [0.15, 0.2) is 89.8 Å². The lowest BCUT2D eigenvalue weighted by Gasteiger charge is -2.12. The van der Waals surface area contributed by atoms with Crippen molar-refractivity contribution in [2.75, 3.05) is 11.3 Å². The highest BCUT2D eigenvalue weighted by atomic mass is 32.2. The molecule has 0 aliphatic heterocycles. The molecule has 0 saturated carbocycles. The van der Waals surface area contributed by atoms with Crippen LogP contribution in [0, 0.1) is 0 Å². The molecule has 0 bridgehead atoms. The molecule has 4 nitrogen and oxygen atoms in total. The quantitative estimate of drug-likeness (QED) is 0.670. The molecule has 0 spiro atoms. The molecule has 5 heteroatoms. The van der Waals surface area contributed by atoms with E-state index in [9.17, 15) is 9.00 Å². The number of amides is 1. The summed E-state index contributed by atoms with van der Waals surface area (Å²) in [5.41, 5.74) is 2.20. The summed E-state index contributed by atoms with van der Waals surface area (Å²) in [6.07, 6.45) is 0.762. The van der Waals surface area contributed by atoms with Gasteiger partial charge in [0.1, 0.15) is 11.0 Å². The highest BCUT2D eigenvalue weighted by molar-refractivity contribution is 7.86. The van der Waals surface area contributed by atoms with Gasteiger partial charge >= 0.3 is 0 Å². The van der Waals surface area contributed by atoms with Gasteiger partial charge in [0.15, 0.2) is 0 Å². The molecule has 0 radical (unpaired) electrons. The number of benzene rings is 3. The molecule has 3 rings (SSSR count). The number of para-hydroxylation sites is 1. The molecule has 0 aliphatic rings. The summed E-state index contributed by atoms with van der Waals surface area (Å²) in [7, 11) is -1.43. The van der Waals surface area contributed by atoms with Crippen LogP contribution in [0.2, 0.25) is 0 Å². The first-order valence-electron chi connectivity index (χ1n) is 8.38. The van der Waals surface area contributed by atoms with Gasteiger partial charge in [0.05, 0.1) is 16.1 Å². The fourth-order valence-electron chi connectivity index (χ4n) is 2.53. The Balaban J connectivity index is 1.64. The van der Waals surface area contributed by atoms with Gasteiger partial charge in [-0.1, -0.05) is 60.7 Å². The molecule has 3 aromatic rings. The molecular weight excluding hydrogens is 344 g/mol. The van der Waals surface area contributed by atoms with Gasteiger partial charge in [0.2, 0.25) is 0 Å². The van der Waals surface area contributed by atoms with Crippen LogP contribution in [0.3, 0.4) is 0 Å². The molecule has 0 fully saturated rings. The highest BCUT2D eigenvalue weighted by Gasteiger charge is 2.13. The van der Waals surface area contributed by atoms with Crippen LogP contribution in [-0.4, -0.2) is 16.7 Å². The summed E-state index contributed by atoms with van der Waals surface area (Å²) >= 11 is 0. The van der Waals surface area contributed by atoms with Crippen molar-refractivity contribution < 1.29 is 9.00 Å². The molecule has 0 saturated heterocycles. The van der Waals surface area contributed by atoms with E-state index < -0.39 is 11.0 Å². The van der Waals surface area contributed by atoms with E-state index in [2.05, 4.69) is 10.0 Å². The zero-order valence-corrected chi connectivity index (χ0v) is 15.0. The maximum absolute atomic E-state index is 12.5. The smallest absolute Gasteiger partial charge is 0.253 e. The Morgan fingerprint density at radius 1 is 0.808 bits per heavy atom. The number of hydrogen-bond donors (Lipinski definition) is 2. The number of carbonyl (C=O) groups is 1. The average Bonchev–Trinajstić information content (AvgIpc) is 2.70. The van der Waals surface area contributed by atoms with Gasteiger partial charge in [-0.15, -0.1) is 0 Å². The summed E-state index contributed by atoms with van der Waals surface area (Å²) < 4.78 is 15.4. The van der Waals surface area contributed by atoms with E-state index in [1.165, 1.54) is 5.56 Å². The van der Waals surface area contributed by atoms with Gasteiger partial charge in [-0.25, -0.2) is 4.21 Å². The molecular formula is C21H20N2O2S. The van der Waals surface area contributed by atoms with E-state index in [0.29, 0.717) is 22.7 Å². The van der Waals surface area contributed by atoms with Gasteiger partial charge < -0.3 is 10.0 Å². The zero-order valence-electron chi connectivity index (χ0n) is 14.2. The molecule has 2 N–H and O–H groups in total.